The molecule has 0 amide bonds. The molecule has 4 aromatic rings. The van der Waals surface area contributed by atoms with Crippen LogP contribution >= 0.6 is 0 Å². The Morgan fingerprint density at radius 2 is 1.72 bits per heavy atom. The van der Waals surface area contributed by atoms with Crippen LogP contribution in [0.15, 0.2) is 62.2 Å². The van der Waals surface area contributed by atoms with Crippen LogP contribution in [-0.2, 0) is 25.9 Å². The van der Waals surface area contributed by atoms with Crippen LogP contribution in [0.2, 0.25) is 0 Å². The standard InChI is InChI=1S/C38H49N9/c1-6-47-35(19-24(2)45-47)27(5)43-38-44-34-23-30(25(3)39)21-29-14-9-7-8-13-28-20-31(26(4)42-32-15-12-16-32)22-33(40)36(28)41-17-10-11-18-46(38)37(29)34/h10-11,19-23,32,41-42H,3-9,12-18,39-40H2,1-2H3,(H,43,44)/b11-10+. The first kappa shape index (κ1) is 32.0. The highest BCUT2D eigenvalue weighted by Gasteiger charge is 2.20. The maximum Gasteiger partial charge on any atom is 0.208 e. The zero-order valence-corrected chi connectivity index (χ0v) is 28.0. The van der Waals surface area contributed by atoms with E-state index in [2.05, 4.69) is 82.6 Å². The molecule has 1 fully saturated rings. The number of rotatable bonds is 8. The predicted octanol–water partition coefficient (Wildman–Crippen LogP) is 7.21. The molecular weight excluding hydrogens is 582 g/mol. The molecule has 1 aliphatic carbocycles. The number of allylic oxidation sites excluding steroid dienone is 1. The van der Waals surface area contributed by atoms with E-state index >= 15 is 0 Å². The van der Waals surface area contributed by atoms with Gasteiger partial charge in [0.1, 0.15) is 0 Å². The van der Waals surface area contributed by atoms with Gasteiger partial charge in [-0.15, -0.1) is 0 Å². The lowest BCUT2D eigenvalue weighted by Gasteiger charge is -2.29. The number of benzene rings is 2. The van der Waals surface area contributed by atoms with E-state index in [4.69, 9.17) is 16.5 Å². The Morgan fingerprint density at radius 1 is 0.957 bits per heavy atom. The molecule has 0 atom stereocenters. The summed E-state index contributed by atoms with van der Waals surface area (Å²) < 4.78 is 4.20. The molecule has 0 spiro atoms. The summed E-state index contributed by atoms with van der Waals surface area (Å²) >= 11 is 0. The largest absolute Gasteiger partial charge is 0.399 e. The van der Waals surface area contributed by atoms with Gasteiger partial charge in [-0.25, -0.2) is 4.98 Å². The average molecular weight is 632 g/mol. The van der Waals surface area contributed by atoms with Gasteiger partial charge in [0, 0.05) is 37.1 Å². The molecular formula is C38H49N9. The van der Waals surface area contributed by atoms with E-state index in [1.807, 2.05) is 23.7 Å². The number of aromatic nitrogens is 4. The highest BCUT2D eigenvalue weighted by Crippen LogP contribution is 2.33. The van der Waals surface area contributed by atoms with Gasteiger partial charge in [-0.1, -0.05) is 38.3 Å². The Balaban J connectivity index is 1.31. The maximum absolute atomic E-state index is 6.68. The van der Waals surface area contributed by atoms with E-state index in [1.54, 1.807) is 0 Å². The molecule has 3 heterocycles. The minimum absolute atomic E-state index is 0.527. The quantitative estimate of drug-likeness (QED) is 0.103. The van der Waals surface area contributed by atoms with E-state index in [0.29, 0.717) is 24.8 Å². The van der Waals surface area contributed by atoms with Gasteiger partial charge in [0.15, 0.2) is 0 Å². The van der Waals surface area contributed by atoms with E-state index in [0.717, 1.165) is 101 Å². The Kier molecular flexibility index (Phi) is 9.43. The molecule has 7 N–H and O–H groups in total. The number of anilines is 3. The first-order chi connectivity index (χ1) is 22.7. The maximum atomic E-state index is 6.68. The number of nitrogens with two attached hydrogens (primary N) is 2. The van der Waals surface area contributed by atoms with Crippen molar-refractivity contribution in [2.24, 2.45) is 5.73 Å². The molecule has 0 radical (unpaired) electrons. The zero-order chi connectivity index (χ0) is 33.1. The van der Waals surface area contributed by atoms with Gasteiger partial charge in [-0.05, 0) is 111 Å². The van der Waals surface area contributed by atoms with Crippen LogP contribution in [0.1, 0.15) is 79.1 Å². The van der Waals surface area contributed by atoms with E-state index in [1.165, 1.54) is 30.4 Å². The van der Waals surface area contributed by atoms with Gasteiger partial charge in [0.05, 0.1) is 39.5 Å². The minimum Gasteiger partial charge on any atom is -0.399 e. The lowest BCUT2D eigenvalue weighted by molar-refractivity contribution is 0.378. The molecule has 2 aromatic carbocycles. The van der Waals surface area contributed by atoms with Crippen LogP contribution in [-0.4, -0.2) is 31.9 Å². The van der Waals surface area contributed by atoms with Crippen LogP contribution in [0.25, 0.3) is 28.1 Å². The Bertz CT molecular complexity index is 1850. The molecule has 0 bridgehead atoms. The summed E-state index contributed by atoms with van der Waals surface area (Å²) in [6.07, 6.45) is 13.0. The van der Waals surface area contributed by atoms with Gasteiger partial charge < -0.3 is 32.0 Å². The van der Waals surface area contributed by atoms with Crippen molar-refractivity contribution in [2.45, 2.75) is 84.3 Å². The van der Waals surface area contributed by atoms with Crippen molar-refractivity contribution in [1.82, 2.24) is 24.6 Å². The number of nitrogens with one attached hydrogen (secondary N) is 3. The first-order valence-corrected chi connectivity index (χ1v) is 17.0. The van der Waals surface area contributed by atoms with Crippen molar-refractivity contribution in [3.63, 3.8) is 0 Å². The molecule has 2 aromatic heterocycles. The molecule has 9 nitrogen and oxygen atoms in total. The summed E-state index contributed by atoms with van der Waals surface area (Å²) in [5.74, 6) is 0.729. The summed E-state index contributed by atoms with van der Waals surface area (Å²) in [5, 5.41) is 15.4. The number of imidazole rings is 1. The van der Waals surface area contributed by atoms with Crippen LogP contribution < -0.4 is 27.4 Å². The number of nitrogen functional groups attached to an aromatic ring is 1. The van der Waals surface area contributed by atoms with Crippen molar-refractivity contribution < 1.29 is 0 Å². The fourth-order valence-corrected chi connectivity index (χ4v) is 6.66. The van der Waals surface area contributed by atoms with Crippen molar-refractivity contribution in [3.05, 3.63) is 95.9 Å². The number of aryl methyl sites for hydroxylation is 4. The zero-order valence-electron chi connectivity index (χ0n) is 28.0. The number of hydrogen-bond donors (Lipinski definition) is 5. The predicted molar refractivity (Wildman–Crippen MR) is 198 cm³/mol. The Hall–Kier alpha value is -4.92. The second-order valence-electron chi connectivity index (χ2n) is 12.9. The molecule has 1 saturated carbocycles. The summed E-state index contributed by atoms with van der Waals surface area (Å²) in [7, 11) is 0. The van der Waals surface area contributed by atoms with Crippen molar-refractivity contribution in [3.8, 4) is 0 Å². The molecule has 1 aliphatic heterocycles. The highest BCUT2D eigenvalue weighted by atomic mass is 15.3. The molecule has 47 heavy (non-hydrogen) atoms. The fraction of sp³-hybridized carbons (Fsp3) is 0.368. The number of nitrogens with zero attached hydrogens (tertiary/aromatic N) is 4. The molecule has 0 unspecified atom stereocenters. The van der Waals surface area contributed by atoms with Gasteiger partial charge in [0.2, 0.25) is 5.95 Å². The Morgan fingerprint density at radius 3 is 2.45 bits per heavy atom. The number of fused-ring (bicyclic) bond motifs is 1. The molecule has 6 rings (SSSR count). The van der Waals surface area contributed by atoms with E-state index in [9.17, 15) is 0 Å². The second kappa shape index (κ2) is 13.8. The SMILES string of the molecule is C=C(N)c1cc2c3c(c1)nc(NC(=C)c1cc(C)nn1CC)n3C/C=C/CNc1c(N)cc(C(=C)NC3CCC3)cc1CCCCC2. The van der Waals surface area contributed by atoms with Crippen molar-refractivity contribution >= 4 is 45.4 Å². The van der Waals surface area contributed by atoms with Gasteiger partial charge in [-0.2, -0.15) is 5.10 Å². The third kappa shape index (κ3) is 6.94. The summed E-state index contributed by atoms with van der Waals surface area (Å²) in [6.45, 7) is 18.9. The number of hydrogen-bond acceptors (Lipinski definition) is 7. The molecule has 2 aliphatic rings. The third-order valence-corrected chi connectivity index (χ3v) is 9.39. The average Bonchev–Trinajstić information content (AvgIpc) is 3.57. The Labute approximate surface area is 278 Å². The van der Waals surface area contributed by atoms with Crippen LogP contribution in [0.4, 0.5) is 17.3 Å². The van der Waals surface area contributed by atoms with Gasteiger partial charge in [0.25, 0.3) is 0 Å². The monoisotopic (exact) mass is 631 g/mol. The first-order valence-electron chi connectivity index (χ1n) is 17.0. The summed E-state index contributed by atoms with van der Waals surface area (Å²) in [4.78, 5) is 5.08. The van der Waals surface area contributed by atoms with E-state index < -0.39 is 0 Å². The van der Waals surface area contributed by atoms with Gasteiger partial charge >= 0.3 is 0 Å². The van der Waals surface area contributed by atoms with Crippen molar-refractivity contribution in [1.29, 1.82) is 0 Å². The second-order valence-corrected chi connectivity index (χ2v) is 12.9. The van der Waals surface area contributed by atoms with Crippen LogP contribution in [0.3, 0.4) is 0 Å². The van der Waals surface area contributed by atoms with Crippen LogP contribution in [0.5, 0.6) is 0 Å². The summed E-state index contributed by atoms with van der Waals surface area (Å²) in [6, 6.07) is 11.1. The smallest absolute Gasteiger partial charge is 0.208 e. The lowest BCUT2D eigenvalue weighted by Crippen LogP contribution is -2.33. The molecule has 246 valence electrons. The fourth-order valence-electron chi connectivity index (χ4n) is 6.66. The molecule has 9 heteroatoms. The lowest BCUT2D eigenvalue weighted by atomic mass is 9.92. The summed E-state index contributed by atoms with van der Waals surface area (Å²) in [5.41, 5.74) is 25.3. The van der Waals surface area contributed by atoms with E-state index in [-0.39, 0.29) is 0 Å². The van der Waals surface area contributed by atoms with Crippen molar-refractivity contribution in [2.75, 3.05) is 22.9 Å². The minimum atomic E-state index is 0.527. The van der Waals surface area contributed by atoms with Gasteiger partial charge in [-0.3, -0.25) is 4.68 Å². The van der Waals surface area contributed by atoms with Crippen LogP contribution in [0, 0.1) is 6.92 Å². The third-order valence-electron chi connectivity index (χ3n) is 9.39. The normalized spacial score (nSPS) is 16.2. The molecule has 0 saturated heterocycles. The highest BCUT2D eigenvalue weighted by molar-refractivity contribution is 5.87. The topological polar surface area (TPSA) is 124 Å².